The smallest absolute Gasteiger partial charge is 0.139 e. The van der Waals surface area contributed by atoms with Crippen LogP contribution in [0.3, 0.4) is 0 Å². The van der Waals surface area contributed by atoms with E-state index < -0.39 is 5.38 Å². The van der Waals surface area contributed by atoms with E-state index in [9.17, 15) is 0 Å². The summed E-state index contributed by atoms with van der Waals surface area (Å²) >= 11 is 25.2. The van der Waals surface area contributed by atoms with Crippen molar-refractivity contribution in [3.8, 4) is 5.75 Å². The number of rotatable bonds is 4. The highest BCUT2D eigenvalue weighted by molar-refractivity contribution is 6.36. The van der Waals surface area contributed by atoms with E-state index in [1.54, 1.807) is 12.1 Å². The SMILES string of the molecule is CCOc1cc(Cl)c(C(Cl)c2cc(Cl)ccc2C)cc1Cl. The molecule has 0 heterocycles. The summed E-state index contributed by atoms with van der Waals surface area (Å²) in [6.45, 7) is 4.38. The van der Waals surface area contributed by atoms with E-state index in [2.05, 4.69) is 0 Å². The average Bonchev–Trinajstić information content (AvgIpc) is 2.44. The number of alkyl halides is 1. The van der Waals surface area contributed by atoms with E-state index in [1.165, 1.54) is 0 Å². The zero-order chi connectivity index (χ0) is 15.6. The second-order valence-electron chi connectivity index (χ2n) is 4.60. The van der Waals surface area contributed by atoms with Crippen molar-refractivity contribution in [3.05, 3.63) is 62.1 Å². The monoisotopic (exact) mass is 362 g/mol. The van der Waals surface area contributed by atoms with Gasteiger partial charge in [-0.3, -0.25) is 0 Å². The summed E-state index contributed by atoms with van der Waals surface area (Å²) in [5.74, 6) is 0.555. The Labute approximate surface area is 144 Å². The van der Waals surface area contributed by atoms with Crippen LogP contribution in [0.25, 0.3) is 0 Å². The standard InChI is InChI=1S/C16H14Cl4O/c1-3-21-15-8-13(18)12(7-14(15)19)16(20)11-6-10(17)5-4-9(11)2/h4-8,16H,3H2,1-2H3. The van der Waals surface area contributed by atoms with Crippen LogP contribution in [0.15, 0.2) is 30.3 Å². The van der Waals surface area contributed by atoms with E-state index in [0.717, 1.165) is 16.7 Å². The van der Waals surface area contributed by atoms with E-state index in [0.29, 0.717) is 27.4 Å². The molecule has 0 aliphatic heterocycles. The molecule has 0 fully saturated rings. The highest BCUT2D eigenvalue weighted by atomic mass is 35.5. The molecule has 2 aromatic rings. The van der Waals surface area contributed by atoms with Crippen LogP contribution >= 0.6 is 46.4 Å². The van der Waals surface area contributed by atoms with Crippen molar-refractivity contribution in [2.75, 3.05) is 6.61 Å². The van der Waals surface area contributed by atoms with Gasteiger partial charge in [0.05, 0.1) is 17.0 Å². The number of aryl methyl sites for hydroxylation is 1. The Balaban J connectivity index is 2.46. The summed E-state index contributed by atoms with van der Waals surface area (Å²) in [6, 6.07) is 9.04. The van der Waals surface area contributed by atoms with Gasteiger partial charge in [0.15, 0.2) is 0 Å². The molecule has 1 unspecified atom stereocenters. The van der Waals surface area contributed by atoms with Gasteiger partial charge in [0, 0.05) is 16.1 Å². The van der Waals surface area contributed by atoms with Crippen molar-refractivity contribution in [3.63, 3.8) is 0 Å². The van der Waals surface area contributed by atoms with Crippen molar-refractivity contribution in [1.29, 1.82) is 0 Å². The second kappa shape index (κ2) is 7.11. The molecule has 112 valence electrons. The van der Waals surface area contributed by atoms with Gasteiger partial charge in [0.2, 0.25) is 0 Å². The molecular weight excluding hydrogens is 350 g/mol. The lowest BCUT2D eigenvalue weighted by Crippen LogP contribution is -1.99. The predicted octanol–water partition coefficient (Wildman–Crippen LogP) is 6.68. The number of hydrogen-bond donors (Lipinski definition) is 0. The molecule has 0 aliphatic rings. The molecule has 0 aromatic heterocycles. The molecule has 2 rings (SSSR count). The lowest BCUT2D eigenvalue weighted by atomic mass is 10.00. The van der Waals surface area contributed by atoms with Crippen LogP contribution in [0, 0.1) is 6.92 Å². The summed E-state index contributed by atoms with van der Waals surface area (Å²) in [5, 5.41) is 1.21. The van der Waals surface area contributed by atoms with E-state index in [1.807, 2.05) is 32.0 Å². The zero-order valence-corrected chi connectivity index (χ0v) is 14.6. The average molecular weight is 364 g/mol. The minimum atomic E-state index is -0.427. The maximum Gasteiger partial charge on any atom is 0.139 e. The maximum atomic E-state index is 6.57. The van der Waals surface area contributed by atoms with Crippen LogP contribution in [0.2, 0.25) is 15.1 Å². The first-order valence-electron chi connectivity index (χ1n) is 6.46. The normalized spacial score (nSPS) is 12.3. The first-order valence-corrected chi connectivity index (χ1v) is 8.03. The number of ether oxygens (including phenoxy) is 1. The zero-order valence-electron chi connectivity index (χ0n) is 11.6. The Kier molecular flexibility index (Phi) is 5.67. The first-order chi connectivity index (χ1) is 9.93. The van der Waals surface area contributed by atoms with Crippen molar-refractivity contribution < 1.29 is 4.74 Å². The number of benzene rings is 2. The summed E-state index contributed by atoms with van der Waals surface area (Å²) in [5.41, 5.74) is 2.68. The number of hydrogen-bond acceptors (Lipinski definition) is 1. The minimum absolute atomic E-state index is 0.427. The highest BCUT2D eigenvalue weighted by Crippen LogP contribution is 2.40. The van der Waals surface area contributed by atoms with E-state index in [4.69, 9.17) is 51.1 Å². The largest absolute Gasteiger partial charge is 0.492 e. The fourth-order valence-electron chi connectivity index (χ4n) is 2.06. The molecule has 2 aromatic carbocycles. The summed E-state index contributed by atoms with van der Waals surface area (Å²) < 4.78 is 5.42. The molecule has 0 radical (unpaired) electrons. The topological polar surface area (TPSA) is 9.23 Å². The third-order valence-corrected chi connectivity index (χ3v) is 4.47. The Hall–Kier alpha value is -0.600. The second-order valence-corrected chi connectivity index (χ2v) is 6.29. The third kappa shape index (κ3) is 3.78. The van der Waals surface area contributed by atoms with E-state index in [-0.39, 0.29) is 0 Å². The molecule has 0 saturated heterocycles. The summed E-state index contributed by atoms with van der Waals surface area (Å²) in [4.78, 5) is 0. The maximum absolute atomic E-state index is 6.57. The van der Waals surface area contributed by atoms with Crippen LogP contribution < -0.4 is 4.74 Å². The Morgan fingerprint density at radius 3 is 2.38 bits per heavy atom. The predicted molar refractivity (Wildman–Crippen MR) is 91.5 cm³/mol. The molecule has 0 spiro atoms. The molecule has 21 heavy (non-hydrogen) atoms. The lowest BCUT2D eigenvalue weighted by molar-refractivity contribution is 0.340. The molecule has 0 saturated carbocycles. The van der Waals surface area contributed by atoms with Crippen LogP contribution in [0.4, 0.5) is 0 Å². The van der Waals surface area contributed by atoms with Crippen LogP contribution in [0.5, 0.6) is 5.75 Å². The van der Waals surface area contributed by atoms with E-state index >= 15 is 0 Å². The summed E-state index contributed by atoms with van der Waals surface area (Å²) in [7, 11) is 0. The number of halogens is 4. The van der Waals surface area contributed by atoms with Crippen molar-refractivity contribution in [2.24, 2.45) is 0 Å². The quantitative estimate of drug-likeness (QED) is 0.550. The molecule has 1 nitrogen and oxygen atoms in total. The molecule has 1 atom stereocenters. The van der Waals surface area contributed by atoms with Crippen LogP contribution in [-0.2, 0) is 0 Å². The molecule has 0 aliphatic carbocycles. The van der Waals surface area contributed by atoms with Crippen molar-refractivity contribution in [1.82, 2.24) is 0 Å². The van der Waals surface area contributed by atoms with Gasteiger partial charge < -0.3 is 4.74 Å². The fraction of sp³-hybridized carbons (Fsp3) is 0.250. The molecule has 5 heteroatoms. The van der Waals surface area contributed by atoms with Crippen LogP contribution in [0.1, 0.15) is 29.0 Å². The van der Waals surface area contributed by atoms with Gasteiger partial charge in [-0.2, -0.15) is 0 Å². The van der Waals surface area contributed by atoms with Crippen molar-refractivity contribution in [2.45, 2.75) is 19.2 Å². The fourth-order valence-corrected chi connectivity index (χ4v) is 3.20. The van der Waals surface area contributed by atoms with Gasteiger partial charge in [0.25, 0.3) is 0 Å². The van der Waals surface area contributed by atoms with Gasteiger partial charge in [-0.15, -0.1) is 11.6 Å². The highest BCUT2D eigenvalue weighted by Gasteiger charge is 2.19. The molecule has 0 bridgehead atoms. The van der Waals surface area contributed by atoms with Crippen LogP contribution in [-0.4, -0.2) is 6.61 Å². The third-order valence-electron chi connectivity index (χ3n) is 3.14. The van der Waals surface area contributed by atoms with Crippen molar-refractivity contribution >= 4 is 46.4 Å². The first kappa shape index (κ1) is 16.8. The van der Waals surface area contributed by atoms with Gasteiger partial charge in [-0.1, -0.05) is 40.9 Å². The lowest BCUT2D eigenvalue weighted by Gasteiger charge is -2.17. The van der Waals surface area contributed by atoms with Gasteiger partial charge in [-0.25, -0.2) is 0 Å². The minimum Gasteiger partial charge on any atom is -0.492 e. The van der Waals surface area contributed by atoms with Gasteiger partial charge in [0.1, 0.15) is 5.75 Å². The van der Waals surface area contributed by atoms with Gasteiger partial charge in [-0.05, 0) is 48.7 Å². The Morgan fingerprint density at radius 2 is 1.71 bits per heavy atom. The Bertz CT molecular complexity index is 655. The van der Waals surface area contributed by atoms with Gasteiger partial charge >= 0.3 is 0 Å². The molecule has 0 N–H and O–H groups in total. The molecular formula is C16H14Cl4O. The Morgan fingerprint density at radius 1 is 1.00 bits per heavy atom. The molecule has 0 amide bonds. The summed E-state index contributed by atoms with van der Waals surface area (Å²) in [6.07, 6.45) is 0.